The zero-order valence-corrected chi connectivity index (χ0v) is 16.8. The van der Waals surface area contributed by atoms with Crippen LogP contribution in [-0.2, 0) is 17.9 Å². The Morgan fingerprint density at radius 1 is 1.22 bits per heavy atom. The quantitative estimate of drug-likeness (QED) is 0.745. The van der Waals surface area contributed by atoms with Gasteiger partial charge in [-0.25, -0.2) is 0 Å². The predicted octanol–water partition coefficient (Wildman–Crippen LogP) is 4.22. The minimum Gasteiger partial charge on any atom is -0.497 e. The van der Waals surface area contributed by atoms with Crippen molar-refractivity contribution in [1.29, 1.82) is 0 Å². The number of piperidine rings is 1. The number of amides is 1. The van der Waals surface area contributed by atoms with E-state index in [1.54, 1.807) is 7.11 Å². The summed E-state index contributed by atoms with van der Waals surface area (Å²) in [6.45, 7) is 3.29. The summed E-state index contributed by atoms with van der Waals surface area (Å²) in [5.41, 5.74) is 2.31. The van der Waals surface area contributed by atoms with Crippen LogP contribution >= 0.6 is 11.6 Å². The third-order valence-electron chi connectivity index (χ3n) is 5.10. The molecule has 3 rings (SSSR count). The van der Waals surface area contributed by atoms with Gasteiger partial charge in [0.2, 0.25) is 5.91 Å². The SMILES string of the molecule is COc1ccc(CN(C)C(=O)C2CCCN(Cc3cccc(Cl)c3)C2)cc1. The number of methoxy groups -OCH3 is 1. The third kappa shape index (κ3) is 5.47. The highest BCUT2D eigenvalue weighted by Gasteiger charge is 2.28. The van der Waals surface area contributed by atoms with E-state index in [4.69, 9.17) is 16.3 Å². The number of rotatable bonds is 6. The van der Waals surface area contributed by atoms with Crippen molar-refractivity contribution in [2.75, 3.05) is 27.2 Å². The fraction of sp³-hybridized carbons (Fsp3) is 0.409. The summed E-state index contributed by atoms with van der Waals surface area (Å²) < 4.78 is 5.19. The molecule has 0 bridgehead atoms. The van der Waals surface area contributed by atoms with E-state index in [1.807, 2.05) is 54.4 Å². The molecule has 0 N–H and O–H groups in total. The second-order valence-corrected chi connectivity index (χ2v) is 7.68. The van der Waals surface area contributed by atoms with Crippen LogP contribution in [0.2, 0.25) is 5.02 Å². The molecule has 1 aliphatic heterocycles. The Bertz CT molecular complexity index is 763. The van der Waals surface area contributed by atoms with Crippen molar-refractivity contribution in [1.82, 2.24) is 9.80 Å². The molecule has 1 fully saturated rings. The Morgan fingerprint density at radius 2 is 2.00 bits per heavy atom. The molecule has 1 heterocycles. The Kier molecular flexibility index (Phi) is 6.75. The molecule has 27 heavy (non-hydrogen) atoms. The van der Waals surface area contributed by atoms with Crippen LogP contribution in [0.4, 0.5) is 0 Å². The molecule has 0 spiro atoms. The first-order valence-electron chi connectivity index (χ1n) is 9.40. The molecule has 1 amide bonds. The Morgan fingerprint density at radius 3 is 2.70 bits per heavy atom. The Balaban J connectivity index is 1.56. The molecule has 2 aromatic rings. The lowest BCUT2D eigenvalue weighted by Crippen LogP contribution is -2.43. The maximum atomic E-state index is 12.9. The highest BCUT2D eigenvalue weighted by atomic mass is 35.5. The number of hydrogen-bond acceptors (Lipinski definition) is 3. The van der Waals surface area contributed by atoms with E-state index < -0.39 is 0 Å². The first-order chi connectivity index (χ1) is 13.0. The number of ether oxygens (including phenoxy) is 1. The van der Waals surface area contributed by atoms with Crippen LogP contribution in [-0.4, -0.2) is 43.0 Å². The van der Waals surface area contributed by atoms with E-state index in [1.165, 1.54) is 5.56 Å². The highest BCUT2D eigenvalue weighted by Crippen LogP contribution is 2.22. The summed E-state index contributed by atoms with van der Waals surface area (Å²) >= 11 is 6.09. The number of likely N-dealkylation sites (tertiary alicyclic amines) is 1. The summed E-state index contributed by atoms with van der Waals surface area (Å²) in [6, 6.07) is 15.8. The predicted molar refractivity (Wildman–Crippen MR) is 109 cm³/mol. The van der Waals surface area contributed by atoms with Gasteiger partial charge < -0.3 is 9.64 Å². The molecule has 5 heteroatoms. The van der Waals surface area contributed by atoms with Gasteiger partial charge in [0.05, 0.1) is 13.0 Å². The van der Waals surface area contributed by atoms with Crippen LogP contribution in [0.1, 0.15) is 24.0 Å². The average Bonchev–Trinajstić information content (AvgIpc) is 2.68. The van der Waals surface area contributed by atoms with E-state index in [9.17, 15) is 4.79 Å². The molecule has 0 saturated carbocycles. The van der Waals surface area contributed by atoms with Crippen LogP contribution in [0, 0.1) is 5.92 Å². The lowest BCUT2D eigenvalue weighted by Gasteiger charge is -2.34. The van der Waals surface area contributed by atoms with Gasteiger partial charge in [0, 0.05) is 31.7 Å². The topological polar surface area (TPSA) is 32.8 Å². The van der Waals surface area contributed by atoms with Crippen LogP contribution in [0.25, 0.3) is 0 Å². The zero-order chi connectivity index (χ0) is 19.2. The molecule has 0 aliphatic carbocycles. The summed E-state index contributed by atoms with van der Waals surface area (Å²) in [4.78, 5) is 17.1. The molecule has 1 aliphatic rings. The summed E-state index contributed by atoms with van der Waals surface area (Å²) in [7, 11) is 3.55. The monoisotopic (exact) mass is 386 g/mol. The molecular weight excluding hydrogens is 360 g/mol. The number of carbonyl (C=O) groups is 1. The minimum atomic E-state index is 0.0567. The number of benzene rings is 2. The first-order valence-corrected chi connectivity index (χ1v) is 9.77. The van der Waals surface area contributed by atoms with Gasteiger partial charge in [0.25, 0.3) is 0 Å². The van der Waals surface area contributed by atoms with Gasteiger partial charge >= 0.3 is 0 Å². The molecule has 4 nitrogen and oxygen atoms in total. The lowest BCUT2D eigenvalue weighted by molar-refractivity contribution is -0.136. The molecule has 0 radical (unpaired) electrons. The zero-order valence-electron chi connectivity index (χ0n) is 16.0. The fourth-order valence-electron chi connectivity index (χ4n) is 3.69. The van der Waals surface area contributed by atoms with E-state index in [2.05, 4.69) is 11.0 Å². The molecule has 0 aromatic heterocycles. The number of carbonyl (C=O) groups excluding carboxylic acids is 1. The van der Waals surface area contributed by atoms with Gasteiger partial charge in [0.15, 0.2) is 0 Å². The molecule has 1 saturated heterocycles. The van der Waals surface area contributed by atoms with E-state index in [0.717, 1.165) is 48.8 Å². The molecule has 1 unspecified atom stereocenters. The van der Waals surface area contributed by atoms with Crippen LogP contribution in [0.3, 0.4) is 0 Å². The first kappa shape index (κ1) is 19.7. The van der Waals surface area contributed by atoms with Crippen molar-refractivity contribution in [2.24, 2.45) is 5.92 Å². The van der Waals surface area contributed by atoms with Crippen LogP contribution in [0.15, 0.2) is 48.5 Å². The van der Waals surface area contributed by atoms with Crippen molar-refractivity contribution < 1.29 is 9.53 Å². The van der Waals surface area contributed by atoms with Crippen LogP contribution < -0.4 is 4.74 Å². The number of nitrogens with zero attached hydrogens (tertiary/aromatic N) is 2. The number of hydrogen-bond donors (Lipinski definition) is 0. The average molecular weight is 387 g/mol. The fourth-order valence-corrected chi connectivity index (χ4v) is 3.90. The summed E-state index contributed by atoms with van der Waals surface area (Å²) in [5.74, 6) is 1.11. The second kappa shape index (κ2) is 9.25. The van der Waals surface area contributed by atoms with Gasteiger partial charge in [0.1, 0.15) is 5.75 Å². The van der Waals surface area contributed by atoms with E-state index in [0.29, 0.717) is 6.54 Å². The molecular formula is C22H27ClN2O2. The van der Waals surface area contributed by atoms with E-state index >= 15 is 0 Å². The Hall–Kier alpha value is -2.04. The molecule has 144 valence electrons. The number of halogens is 1. The lowest BCUT2D eigenvalue weighted by atomic mass is 9.96. The van der Waals surface area contributed by atoms with Crippen molar-refractivity contribution in [2.45, 2.75) is 25.9 Å². The third-order valence-corrected chi connectivity index (χ3v) is 5.34. The smallest absolute Gasteiger partial charge is 0.227 e. The van der Waals surface area contributed by atoms with E-state index in [-0.39, 0.29) is 11.8 Å². The maximum Gasteiger partial charge on any atom is 0.227 e. The van der Waals surface area contributed by atoms with Gasteiger partial charge in [-0.15, -0.1) is 0 Å². The Labute approximate surface area is 166 Å². The van der Waals surface area contributed by atoms with Gasteiger partial charge in [-0.05, 0) is 54.8 Å². The second-order valence-electron chi connectivity index (χ2n) is 7.25. The highest BCUT2D eigenvalue weighted by molar-refractivity contribution is 6.30. The minimum absolute atomic E-state index is 0.0567. The normalized spacial score (nSPS) is 17.5. The van der Waals surface area contributed by atoms with Crippen molar-refractivity contribution in [3.63, 3.8) is 0 Å². The largest absolute Gasteiger partial charge is 0.497 e. The van der Waals surface area contributed by atoms with Crippen LogP contribution in [0.5, 0.6) is 5.75 Å². The summed E-state index contributed by atoms with van der Waals surface area (Å²) in [6.07, 6.45) is 2.01. The standard InChI is InChI=1S/C22H27ClN2O2/c1-24(14-17-8-10-21(27-2)11-9-17)22(26)19-6-4-12-25(16-19)15-18-5-3-7-20(23)13-18/h3,5,7-11,13,19H,4,6,12,14-16H2,1-2H3. The van der Waals surface area contributed by atoms with Crippen molar-refractivity contribution in [3.05, 3.63) is 64.7 Å². The van der Waals surface area contributed by atoms with Crippen molar-refractivity contribution >= 4 is 17.5 Å². The van der Waals surface area contributed by atoms with Gasteiger partial charge in [-0.1, -0.05) is 35.9 Å². The van der Waals surface area contributed by atoms with Gasteiger partial charge in [-0.2, -0.15) is 0 Å². The molecule has 2 aromatic carbocycles. The maximum absolute atomic E-state index is 12.9. The summed E-state index contributed by atoms with van der Waals surface area (Å²) in [5, 5.41) is 0.761. The van der Waals surface area contributed by atoms with Gasteiger partial charge in [-0.3, -0.25) is 9.69 Å². The van der Waals surface area contributed by atoms with Crippen molar-refractivity contribution in [3.8, 4) is 5.75 Å². The molecule has 1 atom stereocenters.